The van der Waals surface area contributed by atoms with Gasteiger partial charge in [-0.2, -0.15) is 0 Å². The van der Waals surface area contributed by atoms with Gasteiger partial charge in [0.2, 0.25) is 11.8 Å². The van der Waals surface area contributed by atoms with E-state index >= 15 is 0 Å². The van der Waals surface area contributed by atoms with E-state index in [1.165, 1.54) is 0 Å². The van der Waals surface area contributed by atoms with Crippen molar-refractivity contribution in [3.05, 3.63) is 35.9 Å². The number of likely N-dealkylation sites (tertiary alicyclic amines) is 1. The Balaban J connectivity index is 1.82. The number of hydrogen-bond acceptors (Lipinski definition) is 3. The summed E-state index contributed by atoms with van der Waals surface area (Å²) in [4.78, 5) is 38.3. The lowest BCUT2D eigenvalue weighted by atomic mass is 9.91. The SMILES string of the molecule is CNC(=O)C(C)(C)CNC(=O)C1CCN(C(=O)c2ccccc2)CC1. The molecule has 0 unspecified atom stereocenters. The third-order valence-corrected chi connectivity index (χ3v) is 4.72. The maximum absolute atomic E-state index is 12.4. The summed E-state index contributed by atoms with van der Waals surface area (Å²) in [7, 11) is 1.59. The van der Waals surface area contributed by atoms with Crippen LogP contribution in [0.3, 0.4) is 0 Å². The van der Waals surface area contributed by atoms with E-state index in [1.807, 2.05) is 30.3 Å². The predicted molar refractivity (Wildman–Crippen MR) is 95.9 cm³/mol. The summed E-state index contributed by atoms with van der Waals surface area (Å²) in [6.07, 6.45) is 1.29. The zero-order chi connectivity index (χ0) is 18.4. The highest BCUT2D eigenvalue weighted by Crippen LogP contribution is 2.20. The molecule has 0 spiro atoms. The normalized spacial score (nSPS) is 15.6. The van der Waals surface area contributed by atoms with Crippen LogP contribution in [0.1, 0.15) is 37.0 Å². The quantitative estimate of drug-likeness (QED) is 0.847. The van der Waals surface area contributed by atoms with Crippen molar-refractivity contribution >= 4 is 17.7 Å². The molecule has 25 heavy (non-hydrogen) atoms. The van der Waals surface area contributed by atoms with Gasteiger partial charge in [0.25, 0.3) is 5.91 Å². The molecular weight excluding hydrogens is 318 g/mol. The Kier molecular flexibility index (Phi) is 6.17. The highest BCUT2D eigenvalue weighted by atomic mass is 16.2. The Morgan fingerprint density at radius 1 is 1.12 bits per heavy atom. The average molecular weight is 345 g/mol. The molecule has 3 amide bonds. The molecular formula is C19H27N3O3. The van der Waals surface area contributed by atoms with Crippen LogP contribution in [0.2, 0.25) is 0 Å². The molecule has 0 aliphatic carbocycles. The lowest BCUT2D eigenvalue weighted by molar-refractivity contribution is -0.130. The van der Waals surface area contributed by atoms with E-state index in [0.717, 1.165) is 0 Å². The van der Waals surface area contributed by atoms with Crippen molar-refractivity contribution in [2.45, 2.75) is 26.7 Å². The molecule has 1 saturated heterocycles. The topological polar surface area (TPSA) is 78.5 Å². The Morgan fingerprint density at radius 2 is 1.72 bits per heavy atom. The van der Waals surface area contributed by atoms with Gasteiger partial charge in [0.15, 0.2) is 0 Å². The summed E-state index contributed by atoms with van der Waals surface area (Å²) in [5.74, 6) is -0.236. The summed E-state index contributed by atoms with van der Waals surface area (Å²) in [6.45, 7) is 5.05. The first-order valence-corrected chi connectivity index (χ1v) is 8.69. The average Bonchev–Trinajstić information content (AvgIpc) is 2.65. The minimum absolute atomic E-state index is 0.0141. The lowest BCUT2D eigenvalue weighted by Gasteiger charge is -2.32. The first-order chi connectivity index (χ1) is 11.8. The smallest absolute Gasteiger partial charge is 0.253 e. The number of carbonyl (C=O) groups excluding carboxylic acids is 3. The van der Waals surface area contributed by atoms with Gasteiger partial charge in [-0.05, 0) is 38.8 Å². The molecule has 2 rings (SSSR count). The summed E-state index contributed by atoms with van der Waals surface area (Å²) >= 11 is 0. The molecule has 1 aromatic carbocycles. The van der Waals surface area contributed by atoms with E-state index in [4.69, 9.17) is 0 Å². The van der Waals surface area contributed by atoms with E-state index in [2.05, 4.69) is 10.6 Å². The summed E-state index contributed by atoms with van der Waals surface area (Å²) in [5.41, 5.74) is 0.0340. The van der Waals surface area contributed by atoms with Gasteiger partial charge in [-0.25, -0.2) is 0 Å². The van der Waals surface area contributed by atoms with Crippen LogP contribution in [0.25, 0.3) is 0 Å². The molecule has 6 nitrogen and oxygen atoms in total. The van der Waals surface area contributed by atoms with E-state index in [-0.39, 0.29) is 23.6 Å². The van der Waals surface area contributed by atoms with Crippen LogP contribution in [0.15, 0.2) is 30.3 Å². The number of benzene rings is 1. The number of amides is 3. The van der Waals surface area contributed by atoms with Crippen molar-refractivity contribution in [1.29, 1.82) is 0 Å². The van der Waals surface area contributed by atoms with E-state index in [0.29, 0.717) is 38.0 Å². The van der Waals surface area contributed by atoms with Gasteiger partial charge < -0.3 is 15.5 Å². The van der Waals surface area contributed by atoms with Gasteiger partial charge in [-0.15, -0.1) is 0 Å². The van der Waals surface area contributed by atoms with Crippen molar-refractivity contribution in [2.24, 2.45) is 11.3 Å². The predicted octanol–water partition coefficient (Wildman–Crippen LogP) is 1.43. The lowest BCUT2D eigenvalue weighted by Crippen LogP contribution is -2.47. The second-order valence-corrected chi connectivity index (χ2v) is 7.11. The van der Waals surface area contributed by atoms with Gasteiger partial charge in [0, 0.05) is 38.2 Å². The molecule has 2 N–H and O–H groups in total. The maximum Gasteiger partial charge on any atom is 0.253 e. The minimum atomic E-state index is -0.644. The fourth-order valence-electron chi connectivity index (χ4n) is 2.98. The third-order valence-electron chi connectivity index (χ3n) is 4.72. The Labute approximate surface area is 149 Å². The standard InChI is InChI=1S/C19H27N3O3/c1-19(2,18(25)20-3)13-21-16(23)14-9-11-22(12-10-14)17(24)15-7-5-4-6-8-15/h4-8,14H,9-13H2,1-3H3,(H,20,25)(H,21,23). The van der Waals surface area contributed by atoms with Crippen LogP contribution >= 0.6 is 0 Å². The molecule has 1 heterocycles. The Bertz CT molecular complexity index is 620. The first kappa shape index (κ1) is 19.0. The van der Waals surface area contributed by atoms with Crippen LogP contribution in [-0.2, 0) is 9.59 Å². The van der Waals surface area contributed by atoms with E-state index in [9.17, 15) is 14.4 Å². The van der Waals surface area contributed by atoms with Crippen LogP contribution in [0, 0.1) is 11.3 Å². The molecule has 6 heteroatoms. The van der Waals surface area contributed by atoms with Crippen molar-refractivity contribution in [3.63, 3.8) is 0 Å². The van der Waals surface area contributed by atoms with Crippen molar-refractivity contribution in [1.82, 2.24) is 15.5 Å². The molecule has 1 aliphatic rings. The maximum atomic E-state index is 12.4. The molecule has 1 aromatic rings. The largest absolute Gasteiger partial charge is 0.359 e. The third kappa shape index (κ3) is 4.81. The van der Waals surface area contributed by atoms with E-state index < -0.39 is 5.41 Å². The van der Waals surface area contributed by atoms with Crippen molar-refractivity contribution in [3.8, 4) is 0 Å². The van der Waals surface area contributed by atoms with Crippen molar-refractivity contribution < 1.29 is 14.4 Å². The fourth-order valence-corrected chi connectivity index (χ4v) is 2.98. The van der Waals surface area contributed by atoms with Gasteiger partial charge in [0.1, 0.15) is 0 Å². The summed E-state index contributed by atoms with van der Waals surface area (Å²) in [5, 5.41) is 5.49. The zero-order valence-corrected chi connectivity index (χ0v) is 15.2. The van der Waals surface area contributed by atoms with Crippen LogP contribution < -0.4 is 10.6 Å². The second-order valence-electron chi connectivity index (χ2n) is 7.11. The molecule has 1 fully saturated rings. The number of nitrogens with zero attached hydrogens (tertiary/aromatic N) is 1. The number of rotatable bonds is 5. The van der Waals surface area contributed by atoms with Gasteiger partial charge in [-0.3, -0.25) is 14.4 Å². The van der Waals surface area contributed by atoms with Crippen molar-refractivity contribution in [2.75, 3.05) is 26.7 Å². The molecule has 1 aliphatic heterocycles. The zero-order valence-electron chi connectivity index (χ0n) is 15.2. The van der Waals surface area contributed by atoms with Crippen LogP contribution in [0.4, 0.5) is 0 Å². The van der Waals surface area contributed by atoms with Gasteiger partial charge in [0.05, 0.1) is 5.41 Å². The number of carbonyl (C=O) groups is 3. The molecule has 0 saturated carbocycles. The van der Waals surface area contributed by atoms with Gasteiger partial charge in [-0.1, -0.05) is 18.2 Å². The summed E-state index contributed by atoms with van der Waals surface area (Å²) in [6, 6.07) is 9.20. The number of piperidine rings is 1. The van der Waals surface area contributed by atoms with E-state index in [1.54, 1.807) is 25.8 Å². The highest BCUT2D eigenvalue weighted by molar-refractivity contribution is 5.94. The monoisotopic (exact) mass is 345 g/mol. The number of nitrogens with one attached hydrogen (secondary N) is 2. The molecule has 0 bridgehead atoms. The first-order valence-electron chi connectivity index (χ1n) is 8.69. The number of hydrogen-bond donors (Lipinski definition) is 2. The highest BCUT2D eigenvalue weighted by Gasteiger charge is 2.31. The fraction of sp³-hybridized carbons (Fsp3) is 0.526. The molecule has 0 atom stereocenters. The Hall–Kier alpha value is -2.37. The second kappa shape index (κ2) is 8.14. The van der Waals surface area contributed by atoms with Gasteiger partial charge >= 0.3 is 0 Å². The molecule has 0 aromatic heterocycles. The molecule has 136 valence electrons. The Morgan fingerprint density at radius 3 is 2.28 bits per heavy atom. The van der Waals surface area contributed by atoms with Crippen LogP contribution in [-0.4, -0.2) is 49.3 Å². The summed E-state index contributed by atoms with van der Waals surface area (Å²) < 4.78 is 0. The molecule has 0 radical (unpaired) electrons. The minimum Gasteiger partial charge on any atom is -0.359 e. The van der Waals surface area contributed by atoms with Crippen LogP contribution in [0.5, 0.6) is 0 Å².